The molecule has 1 saturated heterocycles. The Bertz CT molecular complexity index is 1080. The Kier molecular flexibility index (Phi) is 6.01. The van der Waals surface area contributed by atoms with Crippen LogP contribution in [0, 0.1) is 5.92 Å². The van der Waals surface area contributed by atoms with E-state index in [4.69, 9.17) is 4.74 Å². The quantitative estimate of drug-likeness (QED) is 0.726. The van der Waals surface area contributed by atoms with Gasteiger partial charge in [0, 0.05) is 30.3 Å². The van der Waals surface area contributed by atoms with Crippen LogP contribution in [0.4, 0.5) is 24.5 Å². The number of ether oxygens (including phenoxy) is 1. The van der Waals surface area contributed by atoms with Crippen molar-refractivity contribution < 1.29 is 32.3 Å². The van der Waals surface area contributed by atoms with Gasteiger partial charge >= 0.3 is 6.18 Å². The fourth-order valence-electron chi connectivity index (χ4n) is 3.86. The van der Waals surface area contributed by atoms with E-state index in [1.165, 1.54) is 12.1 Å². The predicted octanol–water partition coefficient (Wildman–Crippen LogP) is 3.92. The summed E-state index contributed by atoms with van der Waals surface area (Å²) in [5.74, 6) is -0.620. The summed E-state index contributed by atoms with van der Waals surface area (Å²) in [5.41, 5.74) is 0.365. The number of nitrogens with one attached hydrogen (secondary N) is 2. The second kappa shape index (κ2) is 8.76. The second-order valence-electron chi connectivity index (χ2n) is 8.09. The normalized spacial score (nSPS) is 18.7. The van der Waals surface area contributed by atoms with Gasteiger partial charge in [0.15, 0.2) is 6.10 Å². The molecule has 0 aliphatic carbocycles. The summed E-state index contributed by atoms with van der Waals surface area (Å²) in [7, 11) is 0. The molecular formula is C23H22F3N3O4. The van der Waals surface area contributed by atoms with Crippen molar-refractivity contribution in [1.29, 1.82) is 0 Å². The first kappa shape index (κ1) is 22.6. The largest absolute Gasteiger partial charge is 0.479 e. The molecule has 7 nitrogen and oxygen atoms in total. The van der Waals surface area contributed by atoms with E-state index in [2.05, 4.69) is 10.6 Å². The monoisotopic (exact) mass is 461 g/mol. The summed E-state index contributed by atoms with van der Waals surface area (Å²) < 4.78 is 43.6. The number of benzene rings is 2. The predicted molar refractivity (Wildman–Crippen MR) is 114 cm³/mol. The number of likely N-dealkylation sites (tertiary alicyclic amines) is 1. The van der Waals surface area contributed by atoms with Crippen LogP contribution in [0.2, 0.25) is 0 Å². The number of anilines is 2. The number of piperidine rings is 1. The third-order valence-corrected chi connectivity index (χ3v) is 5.79. The van der Waals surface area contributed by atoms with Gasteiger partial charge in [0.1, 0.15) is 5.75 Å². The Labute approximate surface area is 187 Å². The van der Waals surface area contributed by atoms with Gasteiger partial charge in [-0.15, -0.1) is 0 Å². The lowest BCUT2D eigenvalue weighted by molar-refractivity contribution is -0.137. The van der Waals surface area contributed by atoms with Crippen LogP contribution in [0.15, 0.2) is 42.5 Å². The van der Waals surface area contributed by atoms with Crippen LogP contribution < -0.4 is 15.4 Å². The van der Waals surface area contributed by atoms with Gasteiger partial charge in [0.05, 0.1) is 11.3 Å². The highest BCUT2D eigenvalue weighted by Gasteiger charge is 2.32. The van der Waals surface area contributed by atoms with Gasteiger partial charge < -0.3 is 20.3 Å². The molecule has 0 saturated carbocycles. The third kappa shape index (κ3) is 4.94. The average molecular weight is 461 g/mol. The first-order chi connectivity index (χ1) is 15.6. The molecule has 0 spiro atoms. The van der Waals surface area contributed by atoms with E-state index in [0.717, 1.165) is 12.1 Å². The standard InChI is InChI=1S/C23H22F3N3O4/c1-13-20(30)28-18-12-17(6-7-19(18)33-13)27-21(31)14-8-10-29(11-9-14)22(32)15-2-4-16(5-3-15)23(24,25)26/h2-7,12-14H,8-11H2,1H3,(H,27,31)(H,28,30)/t13-/m1/s1. The lowest BCUT2D eigenvalue weighted by Gasteiger charge is -2.31. The molecule has 1 atom stereocenters. The van der Waals surface area contributed by atoms with Crippen LogP contribution in [0.25, 0.3) is 0 Å². The van der Waals surface area contributed by atoms with Crippen LogP contribution in [0.3, 0.4) is 0 Å². The zero-order valence-corrected chi connectivity index (χ0v) is 17.7. The number of fused-ring (bicyclic) bond motifs is 1. The van der Waals surface area contributed by atoms with E-state index < -0.39 is 17.8 Å². The molecule has 0 aromatic heterocycles. The Morgan fingerprint density at radius 3 is 2.39 bits per heavy atom. The van der Waals surface area contributed by atoms with Crippen LogP contribution in [0.1, 0.15) is 35.7 Å². The van der Waals surface area contributed by atoms with Gasteiger partial charge in [0.25, 0.3) is 11.8 Å². The molecule has 3 amide bonds. The van der Waals surface area contributed by atoms with E-state index in [1.54, 1.807) is 30.0 Å². The van der Waals surface area contributed by atoms with Crippen molar-refractivity contribution in [3.8, 4) is 5.75 Å². The van der Waals surface area contributed by atoms with Gasteiger partial charge in [-0.05, 0) is 62.2 Å². The number of rotatable bonds is 3. The zero-order valence-electron chi connectivity index (χ0n) is 17.7. The highest BCUT2D eigenvalue weighted by Crippen LogP contribution is 2.33. The number of carbonyl (C=O) groups excluding carboxylic acids is 3. The number of hydrogen-bond acceptors (Lipinski definition) is 4. The van der Waals surface area contributed by atoms with Crippen molar-refractivity contribution in [2.45, 2.75) is 32.0 Å². The van der Waals surface area contributed by atoms with Crippen molar-refractivity contribution in [2.75, 3.05) is 23.7 Å². The number of nitrogens with zero attached hydrogens (tertiary/aromatic N) is 1. The summed E-state index contributed by atoms with van der Waals surface area (Å²) in [6.45, 7) is 2.29. The van der Waals surface area contributed by atoms with Crippen LogP contribution in [-0.4, -0.2) is 41.8 Å². The molecule has 33 heavy (non-hydrogen) atoms. The summed E-state index contributed by atoms with van der Waals surface area (Å²) in [6, 6.07) is 9.10. The third-order valence-electron chi connectivity index (χ3n) is 5.79. The Hall–Kier alpha value is -3.56. The van der Waals surface area contributed by atoms with Gasteiger partial charge in [0.2, 0.25) is 5.91 Å². The van der Waals surface area contributed by atoms with Crippen molar-refractivity contribution >= 4 is 29.1 Å². The first-order valence-electron chi connectivity index (χ1n) is 10.5. The summed E-state index contributed by atoms with van der Waals surface area (Å²) in [5, 5.41) is 5.55. The fourth-order valence-corrected chi connectivity index (χ4v) is 3.86. The molecule has 0 unspecified atom stereocenters. The minimum Gasteiger partial charge on any atom is -0.479 e. The molecular weight excluding hydrogens is 439 g/mol. The summed E-state index contributed by atoms with van der Waals surface area (Å²) in [6.07, 6.45) is -4.18. The van der Waals surface area contributed by atoms with Crippen LogP contribution in [-0.2, 0) is 15.8 Å². The number of amides is 3. The van der Waals surface area contributed by atoms with E-state index in [-0.39, 0.29) is 29.2 Å². The highest BCUT2D eigenvalue weighted by atomic mass is 19.4. The number of halogens is 3. The zero-order chi connectivity index (χ0) is 23.8. The van der Waals surface area contributed by atoms with Gasteiger partial charge in [-0.25, -0.2) is 0 Å². The smallest absolute Gasteiger partial charge is 0.416 e. The molecule has 174 valence electrons. The van der Waals surface area contributed by atoms with Gasteiger partial charge in [-0.3, -0.25) is 14.4 Å². The highest BCUT2D eigenvalue weighted by molar-refractivity contribution is 5.99. The molecule has 0 radical (unpaired) electrons. The van der Waals surface area contributed by atoms with Crippen LogP contribution in [0.5, 0.6) is 5.75 Å². The van der Waals surface area contributed by atoms with Crippen LogP contribution >= 0.6 is 0 Å². The molecule has 2 aliphatic rings. The maximum Gasteiger partial charge on any atom is 0.416 e. The van der Waals surface area contributed by atoms with Gasteiger partial charge in [-0.1, -0.05) is 0 Å². The molecule has 2 aromatic rings. The lowest BCUT2D eigenvalue weighted by atomic mass is 9.95. The lowest BCUT2D eigenvalue weighted by Crippen LogP contribution is -2.41. The molecule has 2 N–H and O–H groups in total. The van der Waals surface area contributed by atoms with E-state index >= 15 is 0 Å². The minimum absolute atomic E-state index is 0.179. The van der Waals surface area contributed by atoms with Crippen molar-refractivity contribution in [3.05, 3.63) is 53.6 Å². The molecule has 10 heteroatoms. The Morgan fingerprint density at radius 1 is 1.09 bits per heavy atom. The minimum atomic E-state index is -4.46. The van der Waals surface area contributed by atoms with Gasteiger partial charge in [-0.2, -0.15) is 13.2 Å². The molecule has 0 bridgehead atoms. The Balaban J connectivity index is 1.32. The number of hydrogen-bond donors (Lipinski definition) is 2. The second-order valence-corrected chi connectivity index (χ2v) is 8.09. The van der Waals surface area contributed by atoms with E-state index in [0.29, 0.717) is 43.1 Å². The molecule has 2 heterocycles. The Morgan fingerprint density at radius 2 is 1.76 bits per heavy atom. The number of carbonyl (C=O) groups is 3. The van der Waals surface area contributed by atoms with Crippen molar-refractivity contribution in [2.24, 2.45) is 5.92 Å². The SMILES string of the molecule is C[C@H]1Oc2ccc(NC(=O)C3CCN(C(=O)c4ccc(C(F)(F)F)cc4)CC3)cc2NC1=O. The molecule has 2 aromatic carbocycles. The van der Waals surface area contributed by atoms with Crippen molar-refractivity contribution in [1.82, 2.24) is 4.90 Å². The van der Waals surface area contributed by atoms with Crippen molar-refractivity contribution in [3.63, 3.8) is 0 Å². The van der Waals surface area contributed by atoms with E-state index in [9.17, 15) is 27.6 Å². The maximum atomic E-state index is 12.7. The van der Waals surface area contributed by atoms with E-state index in [1.807, 2.05) is 0 Å². The summed E-state index contributed by atoms with van der Waals surface area (Å²) in [4.78, 5) is 38.6. The molecule has 4 rings (SSSR count). The maximum absolute atomic E-state index is 12.7. The summed E-state index contributed by atoms with van der Waals surface area (Å²) >= 11 is 0. The molecule has 1 fully saturated rings. The molecule has 2 aliphatic heterocycles. The first-order valence-corrected chi connectivity index (χ1v) is 10.5. The fraction of sp³-hybridized carbons (Fsp3) is 0.348. The average Bonchev–Trinajstić information content (AvgIpc) is 2.79. The number of alkyl halides is 3. The topological polar surface area (TPSA) is 87.7 Å².